The highest BCUT2D eigenvalue weighted by Gasteiger charge is 2.13. The van der Waals surface area contributed by atoms with Crippen molar-refractivity contribution >= 4 is 5.82 Å². The zero-order valence-corrected chi connectivity index (χ0v) is 11.1. The Hall–Kier alpha value is -2.61. The maximum absolute atomic E-state index is 8.96. The molecule has 0 fully saturated rings. The number of nitrogens with zero attached hydrogens (tertiary/aromatic N) is 3. The molecule has 0 aliphatic rings. The molecule has 0 atom stereocenters. The third kappa shape index (κ3) is 2.33. The van der Waals surface area contributed by atoms with Crippen molar-refractivity contribution in [2.45, 2.75) is 13.8 Å². The summed E-state index contributed by atoms with van der Waals surface area (Å²) >= 11 is 0. The highest BCUT2D eigenvalue weighted by Crippen LogP contribution is 2.29. The molecule has 2 rings (SSSR count). The van der Waals surface area contributed by atoms with E-state index in [-0.39, 0.29) is 5.82 Å². The van der Waals surface area contributed by atoms with Crippen LogP contribution in [0, 0.1) is 25.2 Å². The van der Waals surface area contributed by atoms with Crippen LogP contribution in [0.4, 0.5) is 5.82 Å². The van der Waals surface area contributed by atoms with Gasteiger partial charge >= 0.3 is 0 Å². The standard InChI is InChI=1S/C14H14N4O/c1-8-4-5-10(12(6-8)19-3)14-17-9(2)11(7-15)13(16)18-14/h4-6H,1-3H3,(H2,16,17,18). The molecule has 5 nitrogen and oxygen atoms in total. The summed E-state index contributed by atoms with van der Waals surface area (Å²) in [6.45, 7) is 3.71. The SMILES string of the molecule is COc1cc(C)ccc1-c1nc(C)c(C#N)c(N)n1. The molecule has 0 aliphatic carbocycles. The molecule has 0 bridgehead atoms. The van der Waals surface area contributed by atoms with E-state index in [1.165, 1.54) is 0 Å². The predicted octanol–water partition coefficient (Wildman–Crippen LogP) is 2.22. The van der Waals surface area contributed by atoms with Gasteiger partial charge in [0.1, 0.15) is 23.2 Å². The highest BCUT2D eigenvalue weighted by molar-refractivity contribution is 5.67. The number of hydrogen-bond donors (Lipinski definition) is 1. The Balaban J connectivity index is 2.64. The lowest BCUT2D eigenvalue weighted by atomic mass is 10.1. The average Bonchev–Trinajstić information content (AvgIpc) is 2.38. The largest absolute Gasteiger partial charge is 0.496 e. The van der Waals surface area contributed by atoms with Gasteiger partial charge in [-0.25, -0.2) is 9.97 Å². The van der Waals surface area contributed by atoms with E-state index in [0.717, 1.165) is 11.1 Å². The Bertz CT molecular complexity index is 651. The van der Waals surface area contributed by atoms with Crippen LogP contribution in [0.3, 0.4) is 0 Å². The van der Waals surface area contributed by atoms with Gasteiger partial charge in [-0.05, 0) is 31.5 Å². The molecule has 0 radical (unpaired) electrons. The fraction of sp³-hybridized carbons (Fsp3) is 0.214. The van der Waals surface area contributed by atoms with Gasteiger partial charge < -0.3 is 10.5 Å². The normalized spacial score (nSPS) is 10.0. The van der Waals surface area contributed by atoms with Crippen molar-refractivity contribution in [1.82, 2.24) is 9.97 Å². The second-order valence-corrected chi connectivity index (χ2v) is 4.21. The molecule has 96 valence electrons. The molecule has 1 heterocycles. The summed E-state index contributed by atoms with van der Waals surface area (Å²) in [5.74, 6) is 1.34. The van der Waals surface area contributed by atoms with Gasteiger partial charge in [-0.15, -0.1) is 0 Å². The van der Waals surface area contributed by atoms with Crippen molar-refractivity contribution in [3.8, 4) is 23.2 Å². The first kappa shape index (κ1) is 12.8. The summed E-state index contributed by atoms with van der Waals surface area (Å²) in [7, 11) is 1.60. The number of ether oxygens (including phenoxy) is 1. The van der Waals surface area contributed by atoms with Crippen molar-refractivity contribution in [1.29, 1.82) is 5.26 Å². The monoisotopic (exact) mass is 254 g/mol. The Morgan fingerprint density at radius 1 is 1.26 bits per heavy atom. The molecule has 1 aromatic heterocycles. The lowest BCUT2D eigenvalue weighted by Crippen LogP contribution is -2.03. The van der Waals surface area contributed by atoms with Crippen molar-refractivity contribution < 1.29 is 4.74 Å². The van der Waals surface area contributed by atoms with E-state index >= 15 is 0 Å². The first-order valence-electron chi connectivity index (χ1n) is 5.76. The Labute approximate surface area is 111 Å². The zero-order valence-electron chi connectivity index (χ0n) is 11.1. The van der Waals surface area contributed by atoms with Gasteiger partial charge in [-0.2, -0.15) is 5.26 Å². The van der Waals surface area contributed by atoms with E-state index in [1.54, 1.807) is 14.0 Å². The molecule has 1 aromatic carbocycles. The predicted molar refractivity (Wildman–Crippen MR) is 72.6 cm³/mol. The van der Waals surface area contributed by atoms with Gasteiger partial charge in [0.15, 0.2) is 5.82 Å². The van der Waals surface area contributed by atoms with E-state index in [1.807, 2.05) is 31.2 Å². The fourth-order valence-electron chi connectivity index (χ4n) is 1.84. The first-order valence-corrected chi connectivity index (χ1v) is 5.76. The van der Waals surface area contributed by atoms with E-state index < -0.39 is 0 Å². The number of aryl methyl sites for hydroxylation is 2. The van der Waals surface area contributed by atoms with E-state index in [2.05, 4.69) is 9.97 Å². The summed E-state index contributed by atoms with van der Waals surface area (Å²) in [6, 6.07) is 7.74. The second-order valence-electron chi connectivity index (χ2n) is 4.21. The number of nitriles is 1. The second kappa shape index (κ2) is 4.94. The minimum absolute atomic E-state index is 0.188. The molecule has 0 amide bonds. The minimum atomic E-state index is 0.188. The van der Waals surface area contributed by atoms with Crippen molar-refractivity contribution in [3.63, 3.8) is 0 Å². The van der Waals surface area contributed by atoms with Crippen LogP contribution in [0.1, 0.15) is 16.8 Å². The lowest BCUT2D eigenvalue weighted by Gasteiger charge is -2.10. The summed E-state index contributed by atoms with van der Waals surface area (Å²) in [4.78, 5) is 8.50. The molecule has 5 heteroatoms. The number of nitrogen functional groups attached to an aromatic ring is 1. The number of anilines is 1. The minimum Gasteiger partial charge on any atom is -0.496 e. The van der Waals surface area contributed by atoms with Crippen LogP contribution in [0.15, 0.2) is 18.2 Å². The molecule has 0 spiro atoms. The van der Waals surface area contributed by atoms with Crippen molar-refractivity contribution in [2.75, 3.05) is 12.8 Å². The van der Waals surface area contributed by atoms with E-state index in [4.69, 9.17) is 15.7 Å². The smallest absolute Gasteiger partial charge is 0.165 e. The summed E-state index contributed by atoms with van der Waals surface area (Å²) in [5, 5.41) is 8.96. The van der Waals surface area contributed by atoms with Gasteiger partial charge in [-0.3, -0.25) is 0 Å². The third-order valence-electron chi connectivity index (χ3n) is 2.83. The highest BCUT2D eigenvalue weighted by atomic mass is 16.5. The van der Waals surface area contributed by atoms with Crippen LogP contribution in [-0.2, 0) is 0 Å². The quantitative estimate of drug-likeness (QED) is 0.888. The van der Waals surface area contributed by atoms with Crippen LogP contribution >= 0.6 is 0 Å². The van der Waals surface area contributed by atoms with Crippen LogP contribution in [0.5, 0.6) is 5.75 Å². The number of rotatable bonds is 2. The van der Waals surface area contributed by atoms with Gasteiger partial charge in [0, 0.05) is 0 Å². The molecule has 0 saturated carbocycles. The Morgan fingerprint density at radius 2 is 2.00 bits per heavy atom. The number of hydrogen-bond acceptors (Lipinski definition) is 5. The molecule has 2 N–H and O–H groups in total. The Morgan fingerprint density at radius 3 is 2.58 bits per heavy atom. The molecule has 0 saturated heterocycles. The van der Waals surface area contributed by atoms with Crippen LogP contribution in [0.2, 0.25) is 0 Å². The summed E-state index contributed by atoms with van der Waals surface area (Å²) < 4.78 is 5.33. The van der Waals surface area contributed by atoms with Crippen LogP contribution in [0.25, 0.3) is 11.4 Å². The van der Waals surface area contributed by atoms with Crippen LogP contribution < -0.4 is 10.5 Å². The molecule has 0 unspecified atom stereocenters. The average molecular weight is 254 g/mol. The number of aromatic nitrogens is 2. The molecular formula is C14H14N4O. The van der Waals surface area contributed by atoms with Gasteiger partial charge in [0.2, 0.25) is 0 Å². The van der Waals surface area contributed by atoms with E-state index in [0.29, 0.717) is 22.8 Å². The Kier molecular flexibility index (Phi) is 3.34. The molecular weight excluding hydrogens is 240 g/mol. The van der Waals surface area contributed by atoms with Crippen molar-refractivity contribution in [2.24, 2.45) is 0 Å². The number of methoxy groups -OCH3 is 1. The number of benzene rings is 1. The first-order chi connectivity index (χ1) is 9.06. The van der Waals surface area contributed by atoms with Crippen LogP contribution in [-0.4, -0.2) is 17.1 Å². The lowest BCUT2D eigenvalue weighted by molar-refractivity contribution is 0.416. The van der Waals surface area contributed by atoms with Crippen molar-refractivity contribution in [3.05, 3.63) is 35.0 Å². The van der Waals surface area contributed by atoms with E-state index in [9.17, 15) is 0 Å². The molecule has 2 aromatic rings. The van der Waals surface area contributed by atoms with Gasteiger partial charge in [0.25, 0.3) is 0 Å². The summed E-state index contributed by atoms with van der Waals surface area (Å²) in [5.41, 5.74) is 8.49. The summed E-state index contributed by atoms with van der Waals surface area (Å²) in [6.07, 6.45) is 0. The third-order valence-corrected chi connectivity index (χ3v) is 2.83. The molecule has 19 heavy (non-hydrogen) atoms. The zero-order chi connectivity index (χ0) is 14.0. The fourth-order valence-corrected chi connectivity index (χ4v) is 1.84. The molecule has 0 aliphatic heterocycles. The van der Waals surface area contributed by atoms with Gasteiger partial charge in [-0.1, -0.05) is 6.07 Å². The maximum Gasteiger partial charge on any atom is 0.165 e. The topological polar surface area (TPSA) is 84.8 Å². The number of nitrogens with two attached hydrogens (primary N) is 1. The van der Waals surface area contributed by atoms with Gasteiger partial charge in [0.05, 0.1) is 18.4 Å². The maximum atomic E-state index is 8.96.